The van der Waals surface area contributed by atoms with Gasteiger partial charge in [0, 0.05) is 24.9 Å². The van der Waals surface area contributed by atoms with Crippen LogP contribution >= 0.6 is 0 Å². The Morgan fingerprint density at radius 1 is 1.29 bits per heavy atom. The lowest BCUT2D eigenvalue weighted by atomic mass is 9.94. The van der Waals surface area contributed by atoms with E-state index in [4.69, 9.17) is 0 Å². The first kappa shape index (κ1) is 14.0. The van der Waals surface area contributed by atoms with Crippen LogP contribution in [0.1, 0.15) is 56.6 Å². The van der Waals surface area contributed by atoms with Crippen LogP contribution in [0.2, 0.25) is 0 Å². The molecule has 0 N–H and O–H groups in total. The Hall–Kier alpha value is -1.98. The number of Topliss-reactive ketones (excluding diaryl/α,β-unsaturated/α-hetero) is 1. The van der Waals surface area contributed by atoms with E-state index in [1.807, 2.05) is 6.92 Å². The molecule has 1 saturated carbocycles. The molecule has 0 aliphatic heterocycles. The SMILES string of the molecule is CCCc1cc(=O)n(C2CCC(=O)CC2)c2nc(C)nn12. The van der Waals surface area contributed by atoms with Crippen molar-refractivity contribution in [2.24, 2.45) is 0 Å². The smallest absolute Gasteiger partial charge is 0.255 e. The number of aromatic nitrogens is 4. The first-order valence-corrected chi connectivity index (χ1v) is 7.59. The van der Waals surface area contributed by atoms with Crippen LogP contribution in [0.25, 0.3) is 5.78 Å². The molecule has 1 aliphatic rings. The summed E-state index contributed by atoms with van der Waals surface area (Å²) in [4.78, 5) is 28.4. The third kappa shape index (κ3) is 2.50. The quantitative estimate of drug-likeness (QED) is 0.864. The van der Waals surface area contributed by atoms with E-state index < -0.39 is 0 Å². The number of fused-ring (bicyclic) bond motifs is 1. The van der Waals surface area contributed by atoms with Gasteiger partial charge in [0.05, 0.1) is 5.69 Å². The molecule has 2 aromatic heterocycles. The first-order valence-electron chi connectivity index (χ1n) is 7.59. The van der Waals surface area contributed by atoms with Crippen LogP contribution in [0.15, 0.2) is 10.9 Å². The molecule has 0 atom stereocenters. The molecule has 6 heteroatoms. The summed E-state index contributed by atoms with van der Waals surface area (Å²) < 4.78 is 3.52. The second-order valence-electron chi connectivity index (χ2n) is 5.73. The fourth-order valence-electron chi connectivity index (χ4n) is 3.08. The third-order valence-corrected chi connectivity index (χ3v) is 4.10. The summed E-state index contributed by atoms with van der Waals surface area (Å²) in [5, 5.41) is 4.42. The van der Waals surface area contributed by atoms with Gasteiger partial charge in [-0.3, -0.25) is 14.2 Å². The summed E-state index contributed by atoms with van der Waals surface area (Å²) in [5.74, 6) is 1.57. The van der Waals surface area contributed by atoms with E-state index in [0.29, 0.717) is 37.3 Å². The maximum absolute atomic E-state index is 12.5. The van der Waals surface area contributed by atoms with Gasteiger partial charge >= 0.3 is 0 Å². The van der Waals surface area contributed by atoms with Gasteiger partial charge in [-0.25, -0.2) is 4.52 Å². The molecular formula is C15H20N4O2. The highest BCUT2D eigenvalue weighted by molar-refractivity contribution is 5.79. The fourth-order valence-corrected chi connectivity index (χ4v) is 3.08. The molecule has 1 fully saturated rings. The largest absolute Gasteiger partial charge is 0.300 e. The van der Waals surface area contributed by atoms with Crippen molar-refractivity contribution in [1.29, 1.82) is 0 Å². The number of hydrogen-bond acceptors (Lipinski definition) is 4. The Morgan fingerprint density at radius 3 is 2.67 bits per heavy atom. The molecule has 21 heavy (non-hydrogen) atoms. The van der Waals surface area contributed by atoms with E-state index >= 15 is 0 Å². The Bertz CT molecular complexity index is 734. The lowest BCUT2D eigenvalue weighted by Gasteiger charge is -2.23. The van der Waals surface area contributed by atoms with Crippen molar-refractivity contribution in [2.45, 2.75) is 58.4 Å². The predicted molar refractivity (Wildman–Crippen MR) is 78.5 cm³/mol. The number of rotatable bonds is 3. The van der Waals surface area contributed by atoms with E-state index in [2.05, 4.69) is 17.0 Å². The lowest BCUT2D eigenvalue weighted by Crippen LogP contribution is -2.30. The topological polar surface area (TPSA) is 69.3 Å². The molecule has 0 spiro atoms. The van der Waals surface area contributed by atoms with Gasteiger partial charge in [-0.1, -0.05) is 13.3 Å². The zero-order valence-corrected chi connectivity index (χ0v) is 12.5. The van der Waals surface area contributed by atoms with Gasteiger partial charge in [0.25, 0.3) is 5.56 Å². The Kier molecular flexibility index (Phi) is 3.61. The van der Waals surface area contributed by atoms with Crippen LogP contribution in [0, 0.1) is 6.92 Å². The molecular weight excluding hydrogens is 268 g/mol. The molecule has 1 aliphatic carbocycles. The monoisotopic (exact) mass is 288 g/mol. The van der Waals surface area contributed by atoms with Crippen LogP contribution in [0.3, 0.4) is 0 Å². The summed E-state index contributed by atoms with van der Waals surface area (Å²) in [6.45, 7) is 3.91. The summed E-state index contributed by atoms with van der Waals surface area (Å²) in [5.41, 5.74) is 0.874. The first-order chi connectivity index (χ1) is 10.1. The number of nitrogens with zero attached hydrogens (tertiary/aromatic N) is 4. The number of carbonyl (C=O) groups is 1. The molecule has 2 aromatic rings. The number of carbonyl (C=O) groups excluding carboxylic acids is 1. The maximum Gasteiger partial charge on any atom is 0.255 e. The molecule has 0 bridgehead atoms. The highest BCUT2D eigenvalue weighted by atomic mass is 16.1. The highest BCUT2D eigenvalue weighted by Gasteiger charge is 2.24. The minimum Gasteiger partial charge on any atom is -0.300 e. The van der Waals surface area contributed by atoms with E-state index in [0.717, 1.165) is 18.5 Å². The molecule has 112 valence electrons. The van der Waals surface area contributed by atoms with Crippen LogP contribution in [-0.2, 0) is 11.2 Å². The van der Waals surface area contributed by atoms with Crippen molar-refractivity contribution >= 4 is 11.6 Å². The molecule has 0 radical (unpaired) electrons. The van der Waals surface area contributed by atoms with Gasteiger partial charge in [0.2, 0.25) is 5.78 Å². The summed E-state index contributed by atoms with van der Waals surface area (Å²) >= 11 is 0. The molecule has 0 unspecified atom stereocenters. The maximum atomic E-state index is 12.5. The normalized spacial score (nSPS) is 16.8. The molecule has 3 rings (SSSR count). The Labute approximate surface area is 122 Å². The standard InChI is InChI=1S/C15H20N4O2/c1-3-4-12-9-14(21)18(11-5-7-13(20)8-6-11)15-16-10(2)17-19(12)15/h9,11H,3-8H2,1-2H3. The Balaban J connectivity index is 2.14. The number of hydrogen-bond donors (Lipinski definition) is 0. The second-order valence-corrected chi connectivity index (χ2v) is 5.73. The van der Waals surface area contributed by atoms with Crippen molar-refractivity contribution < 1.29 is 4.79 Å². The molecule has 6 nitrogen and oxygen atoms in total. The second kappa shape index (κ2) is 5.42. The molecule has 0 amide bonds. The van der Waals surface area contributed by atoms with Crippen molar-refractivity contribution in [3.05, 3.63) is 27.9 Å². The molecule has 0 saturated heterocycles. The number of ketones is 1. The summed E-state index contributed by atoms with van der Waals surface area (Å²) in [6.07, 6.45) is 4.29. The minimum absolute atomic E-state index is 0.0299. The average Bonchev–Trinajstić information content (AvgIpc) is 2.82. The van der Waals surface area contributed by atoms with E-state index in [-0.39, 0.29) is 17.4 Å². The van der Waals surface area contributed by atoms with Crippen molar-refractivity contribution in [3.63, 3.8) is 0 Å². The van der Waals surface area contributed by atoms with E-state index in [1.54, 1.807) is 15.1 Å². The minimum atomic E-state index is -0.0299. The lowest BCUT2D eigenvalue weighted by molar-refractivity contribution is -0.120. The predicted octanol–water partition coefficient (Wildman–Crippen LogP) is 1.84. The Morgan fingerprint density at radius 2 is 2.00 bits per heavy atom. The van der Waals surface area contributed by atoms with Crippen LogP contribution in [0.5, 0.6) is 0 Å². The van der Waals surface area contributed by atoms with Crippen LogP contribution < -0.4 is 5.56 Å². The van der Waals surface area contributed by atoms with Gasteiger partial charge in [-0.15, -0.1) is 0 Å². The summed E-state index contributed by atoms with van der Waals surface area (Å²) in [6, 6.07) is 1.72. The van der Waals surface area contributed by atoms with E-state index in [1.165, 1.54) is 0 Å². The van der Waals surface area contributed by atoms with Crippen molar-refractivity contribution in [2.75, 3.05) is 0 Å². The zero-order chi connectivity index (χ0) is 15.0. The average molecular weight is 288 g/mol. The molecule has 0 aromatic carbocycles. The van der Waals surface area contributed by atoms with Crippen molar-refractivity contribution in [1.82, 2.24) is 19.2 Å². The van der Waals surface area contributed by atoms with Crippen LogP contribution in [0.4, 0.5) is 0 Å². The molecule has 2 heterocycles. The highest BCUT2D eigenvalue weighted by Crippen LogP contribution is 2.26. The third-order valence-electron chi connectivity index (χ3n) is 4.10. The van der Waals surface area contributed by atoms with Gasteiger partial charge in [0.15, 0.2) is 0 Å². The van der Waals surface area contributed by atoms with Gasteiger partial charge < -0.3 is 0 Å². The van der Waals surface area contributed by atoms with Gasteiger partial charge in [-0.2, -0.15) is 10.1 Å². The zero-order valence-electron chi connectivity index (χ0n) is 12.5. The van der Waals surface area contributed by atoms with E-state index in [9.17, 15) is 9.59 Å². The fraction of sp³-hybridized carbons (Fsp3) is 0.600. The number of aryl methyl sites for hydroxylation is 2. The van der Waals surface area contributed by atoms with Crippen molar-refractivity contribution in [3.8, 4) is 0 Å². The summed E-state index contributed by atoms with van der Waals surface area (Å²) in [7, 11) is 0. The van der Waals surface area contributed by atoms with Gasteiger partial charge in [-0.05, 0) is 26.2 Å². The van der Waals surface area contributed by atoms with Gasteiger partial charge in [0.1, 0.15) is 11.6 Å². The van der Waals surface area contributed by atoms with Crippen LogP contribution in [-0.4, -0.2) is 24.9 Å².